The van der Waals surface area contributed by atoms with Crippen LogP contribution in [0, 0.1) is 5.82 Å². The minimum atomic E-state index is -3.03. The Labute approximate surface area is 158 Å². The highest BCUT2D eigenvalue weighted by atomic mass is 32.2. The first-order chi connectivity index (χ1) is 12.8. The molecule has 1 aromatic carbocycles. The van der Waals surface area contributed by atoms with Crippen LogP contribution in [-0.2, 0) is 20.2 Å². The van der Waals surface area contributed by atoms with Gasteiger partial charge in [-0.05, 0) is 38.2 Å². The third kappa shape index (κ3) is 3.75. The topological polar surface area (TPSA) is 86.7 Å². The molecule has 4 rings (SSSR count). The van der Waals surface area contributed by atoms with E-state index in [1.165, 1.54) is 6.07 Å². The third-order valence-corrected chi connectivity index (χ3v) is 7.98. The summed E-state index contributed by atoms with van der Waals surface area (Å²) in [5, 5.41) is 13.9. The smallest absolute Gasteiger partial charge is 0.234 e. The number of nitrogens with one attached hydrogen (secondary N) is 1. The monoisotopic (exact) mass is 396 g/mol. The Morgan fingerprint density at radius 1 is 1.22 bits per heavy atom. The Morgan fingerprint density at radius 3 is 2.48 bits per heavy atom. The van der Waals surface area contributed by atoms with Gasteiger partial charge >= 0.3 is 0 Å². The van der Waals surface area contributed by atoms with Crippen molar-refractivity contribution in [2.45, 2.75) is 55.8 Å². The van der Waals surface area contributed by atoms with Gasteiger partial charge in [0.2, 0.25) is 5.91 Å². The first-order valence-corrected chi connectivity index (χ1v) is 11.3. The highest BCUT2D eigenvalue weighted by Gasteiger charge is 2.49. The molecule has 6 nitrogen and oxygen atoms in total. The number of hydrogen-bond donors (Lipinski definition) is 2. The van der Waals surface area contributed by atoms with Crippen LogP contribution in [0.25, 0.3) is 0 Å². The maximum Gasteiger partial charge on any atom is 0.234 e. The van der Waals surface area contributed by atoms with Crippen molar-refractivity contribution in [3.05, 3.63) is 35.6 Å². The van der Waals surface area contributed by atoms with Crippen molar-refractivity contribution in [3.8, 4) is 0 Å². The summed E-state index contributed by atoms with van der Waals surface area (Å²) < 4.78 is 37.3. The minimum absolute atomic E-state index is 0.0125. The van der Waals surface area contributed by atoms with E-state index in [2.05, 4.69) is 10.2 Å². The molecule has 3 fully saturated rings. The molecule has 3 heterocycles. The lowest BCUT2D eigenvalue weighted by molar-refractivity contribution is -0.126. The number of sulfone groups is 1. The van der Waals surface area contributed by atoms with Gasteiger partial charge < -0.3 is 10.4 Å². The second kappa shape index (κ2) is 6.83. The molecule has 3 atom stereocenters. The molecule has 0 spiro atoms. The number of benzene rings is 1. The highest BCUT2D eigenvalue weighted by Crippen LogP contribution is 2.46. The quantitative estimate of drug-likeness (QED) is 0.791. The zero-order valence-electron chi connectivity index (χ0n) is 15.1. The van der Waals surface area contributed by atoms with Crippen molar-refractivity contribution in [2.75, 3.05) is 18.1 Å². The van der Waals surface area contributed by atoms with Gasteiger partial charge in [0.25, 0.3) is 0 Å². The van der Waals surface area contributed by atoms with Crippen molar-refractivity contribution in [3.63, 3.8) is 0 Å². The summed E-state index contributed by atoms with van der Waals surface area (Å²) in [5.41, 5.74) is -0.869. The first-order valence-electron chi connectivity index (χ1n) is 9.49. The van der Waals surface area contributed by atoms with E-state index in [9.17, 15) is 22.7 Å². The number of piperidine rings is 1. The minimum Gasteiger partial charge on any atom is -0.385 e. The van der Waals surface area contributed by atoms with E-state index in [0.29, 0.717) is 24.8 Å². The van der Waals surface area contributed by atoms with Crippen molar-refractivity contribution in [1.82, 2.24) is 10.2 Å². The SMILES string of the molecule is O=C(CN1C2CCC1CC(O)(c1ccccc1F)C2)NC1CCS(=O)(=O)C1. The number of carbonyl (C=O) groups is 1. The second-order valence-electron chi connectivity index (χ2n) is 8.14. The van der Waals surface area contributed by atoms with Gasteiger partial charge in [0.05, 0.1) is 23.7 Å². The molecular weight excluding hydrogens is 371 g/mol. The molecular formula is C19H25FN2O4S. The van der Waals surface area contributed by atoms with Gasteiger partial charge in [-0.25, -0.2) is 12.8 Å². The predicted molar refractivity (Wildman–Crippen MR) is 98.2 cm³/mol. The van der Waals surface area contributed by atoms with Crippen molar-refractivity contribution in [1.29, 1.82) is 0 Å². The number of fused-ring (bicyclic) bond motifs is 2. The van der Waals surface area contributed by atoms with Crippen LogP contribution in [0.15, 0.2) is 24.3 Å². The van der Waals surface area contributed by atoms with E-state index in [1.54, 1.807) is 18.2 Å². The Balaban J connectivity index is 1.41. The first kappa shape index (κ1) is 18.8. The molecule has 1 aromatic rings. The van der Waals surface area contributed by atoms with Crippen molar-refractivity contribution >= 4 is 15.7 Å². The average Bonchev–Trinajstić information content (AvgIpc) is 3.04. The molecule has 148 valence electrons. The van der Waals surface area contributed by atoms with E-state index in [-0.39, 0.29) is 42.1 Å². The summed E-state index contributed by atoms with van der Waals surface area (Å²) in [7, 11) is -3.03. The predicted octanol–water partition coefficient (Wildman–Crippen LogP) is 0.943. The third-order valence-electron chi connectivity index (χ3n) is 6.22. The molecule has 0 radical (unpaired) electrons. The van der Waals surface area contributed by atoms with E-state index >= 15 is 0 Å². The van der Waals surface area contributed by atoms with Crippen LogP contribution in [0.4, 0.5) is 4.39 Å². The number of nitrogens with zero attached hydrogens (tertiary/aromatic N) is 1. The van der Waals surface area contributed by atoms with E-state index < -0.39 is 21.3 Å². The van der Waals surface area contributed by atoms with Crippen LogP contribution in [0.3, 0.4) is 0 Å². The molecule has 0 aromatic heterocycles. The van der Waals surface area contributed by atoms with Gasteiger partial charge in [0.15, 0.2) is 9.84 Å². The number of amides is 1. The molecule has 2 N–H and O–H groups in total. The summed E-state index contributed by atoms with van der Waals surface area (Å²) in [6.45, 7) is 0.194. The zero-order valence-corrected chi connectivity index (χ0v) is 15.9. The Bertz CT molecular complexity index is 830. The number of carbonyl (C=O) groups excluding carboxylic acids is 1. The molecule has 1 amide bonds. The Kier molecular flexibility index (Phi) is 4.76. The molecule has 0 aliphatic carbocycles. The lowest BCUT2D eigenvalue weighted by atomic mass is 9.80. The number of halogens is 1. The zero-order chi connectivity index (χ0) is 19.2. The van der Waals surface area contributed by atoms with Gasteiger partial charge in [-0.1, -0.05) is 18.2 Å². The summed E-state index contributed by atoms with van der Waals surface area (Å²) in [6, 6.07) is 6.08. The fraction of sp³-hybridized carbons (Fsp3) is 0.632. The highest BCUT2D eigenvalue weighted by molar-refractivity contribution is 7.91. The molecule has 3 saturated heterocycles. The summed E-state index contributed by atoms with van der Waals surface area (Å²) in [6.07, 6.45) is 3.00. The van der Waals surface area contributed by atoms with Crippen LogP contribution in [0.2, 0.25) is 0 Å². The van der Waals surface area contributed by atoms with Crippen LogP contribution in [-0.4, -0.2) is 60.5 Å². The molecule has 2 bridgehead atoms. The van der Waals surface area contributed by atoms with Crippen molar-refractivity contribution in [2.24, 2.45) is 0 Å². The van der Waals surface area contributed by atoms with Crippen LogP contribution in [0.5, 0.6) is 0 Å². The largest absolute Gasteiger partial charge is 0.385 e. The Morgan fingerprint density at radius 2 is 1.89 bits per heavy atom. The average molecular weight is 396 g/mol. The fourth-order valence-electron chi connectivity index (χ4n) is 4.98. The second-order valence-corrected chi connectivity index (χ2v) is 10.4. The molecule has 3 unspecified atom stereocenters. The summed E-state index contributed by atoms with van der Waals surface area (Å²) in [5.74, 6) is -0.431. The van der Waals surface area contributed by atoms with Gasteiger partial charge in [0, 0.05) is 23.7 Å². The molecule has 0 saturated carbocycles. The molecule has 27 heavy (non-hydrogen) atoms. The number of hydrogen-bond acceptors (Lipinski definition) is 5. The summed E-state index contributed by atoms with van der Waals surface area (Å²) in [4.78, 5) is 14.5. The van der Waals surface area contributed by atoms with E-state index in [4.69, 9.17) is 0 Å². The standard InChI is InChI=1S/C19H25FN2O4S/c20-17-4-2-1-3-16(17)19(24)9-14-5-6-15(10-19)22(14)11-18(23)21-13-7-8-27(25,26)12-13/h1-4,13-15,24H,5-12H2,(H,21,23). The summed E-state index contributed by atoms with van der Waals surface area (Å²) >= 11 is 0. The maximum absolute atomic E-state index is 14.2. The number of aliphatic hydroxyl groups is 1. The lowest BCUT2D eigenvalue weighted by Crippen LogP contribution is -2.53. The molecule has 3 aliphatic heterocycles. The van der Waals surface area contributed by atoms with Crippen molar-refractivity contribution < 1.29 is 22.7 Å². The normalized spacial score (nSPS) is 35.3. The van der Waals surface area contributed by atoms with Gasteiger partial charge in [-0.2, -0.15) is 0 Å². The van der Waals surface area contributed by atoms with Crippen LogP contribution in [0.1, 0.15) is 37.7 Å². The van der Waals surface area contributed by atoms with Crippen LogP contribution >= 0.6 is 0 Å². The van der Waals surface area contributed by atoms with E-state index in [1.807, 2.05) is 0 Å². The van der Waals surface area contributed by atoms with Gasteiger partial charge in [0.1, 0.15) is 5.82 Å². The molecule has 8 heteroatoms. The Hall–Kier alpha value is -1.51. The lowest BCUT2D eigenvalue weighted by Gasteiger charge is -2.44. The molecule has 3 aliphatic rings. The van der Waals surface area contributed by atoms with Gasteiger partial charge in [-0.15, -0.1) is 0 Å². The van der Waals surface area contributed by atoms with E-state index in [0.717, 1.165) is 12.8 Å². The van der Waals surface area contributed by atoms with Crippen LogP contribution < -0.4 is 5.32 Å². The van der Waals surface area contributed by atoms with Gasteiger partial charge in [-0.3, -0.25) is 9.69 Å². The number of rotatable bonds is 4. The maximum atomic E-state index is 14.2. The fourth-order valence-corrected chi connectivity index (χ4v) is 6.65.